The second-order valence-corrected chi connectivity index (χ2v) is 4.76. The molecule has 0 unspecified atom stereocenters. The molecule has 0 aromatic heterocycles. The number of aliphatic hydroxyl groups excluding tert-OH is 1. The second kappa shape index (κ2) is 3.63. The first-order chi connectivity index (χ1) is 8.87. The van der Waals surface area contributed by atoms with Crippen molar-refractivity contribution in [3.63, 3.8) is 0 Å². The summed E-state index contributed by atoms with van der Waals surface area (Å²) in [7, 11) is 0. The molecule has 2 aliphatic rings. The fourth-order valence-electron chi connectivity index (χ4n) is 2.71. The zero-order chi connectivity index (χ0) is 13.8. The first kappa shape index (κ1) is 12.3. The molecule has 0 saturated heterocycles. The summed E-state index contributed by atoms with van der Waals surface area (Å²) in [6, 6.07) is 3.76. The van der Waals surface area contributed by atoms with E-state index >= 15 is 0 Å². The molecule has 0 bridgehead atoms. The number of alkyl halides is 3. The van der Waals surface area contributed by atoms with Crippen LogP contribution in [0.3, 0.4) is 0 Å². The number of carbonyl (C=O) groups excluding carboxylic acids is 1. The number of ether oxygens (including phenoxy) is 1. The SMILES string of the molecule is O=C1Nc2ccc(OC(F)(F)F)cc2[C@]12C[C@H]2CO. The lowest BCUT2D eigenvalue weighted by Gasteiger charge is -2.12. The molecule has 19 heavy (non-hydrogen) atoms. The number of nitrogens with one attached hydrogen (secondary N) is 1. The van der Waals surface area contributed by atoms with Gasteiger partial charge < -0.3 is 15.2 Å². The van der Waals surface area contributed by atoms with Gasteiger partial charge in [-0.1, -0.05) is 0 Å². The zero-order valence-corrected chi connectivity index (χ0v) is 9.62. The van der Waals surface area contributed by atoms with Gasteiger partial charge in [0, 0.05) is 18.2 Å². The monoisotopic (exact) mass is 273 g/mol. The molecule has 1 aliphatic carbocycles. The van der Waals surface area contributed by atoms with Crippen molar-refractivity contribution in [3.8, 4) is 5.75 Å². The van der Waals surface area contributed by atoms with Gasteiger partial charge in [0.15, 0.2) is 0 Å². The van der Waals surface area contributed by atoms with Gasteiger partial charge in [-0.3, -0.25) is 4.79 Å². The second-order valence-electron chi connectivity index (χ2n) is 4.76. The highest BCUT2D eigenvalue weighted by atomic mass is 19.4. The number of fused-ring (bicyclic) bond motifs is 2. The van der Waals surface area contributed by atoms with E-state index in [1.165, 1.54) is 12.1 Å². The van der Waals surface area contributed by atoms with Gasteiger partial charge in [-0.25, -0.2) is 0 Å². The highest BCUT2D eigenvalue weighted by Crippen LogP contribution is 2.60. The standard InChI is InChI=1S/C12H10F3NO3/c13-12(14,15)19-7-1-2-9-8(3-7)11(10(18)16-9)4-6(11)5-17/h1-3,6,17H,4-5H2,(H,16,18)/t6-,11+/m0/s1. The fraction of sp³-hybridized carbons (Fsp3) is 0.417. The molecule has 1 heterocycles. The van der Waals surface area contributed by atoms with Gasteiger partial charge >= 0.3 is 6.36 Å². The van der Waals surface area contributed by atoms with E-state index in [0.717, 1.165) is 6.07 Å². The maximum absolute atomic E-state index is 12.2. The summed E-state index contributed by atoms with van der Waals surface area (Å²) in [6.45, 7) is -0.169. The van der Waals surface area contributed by atoms with Crippen LogP contribution >= 0.6 is 0 Å². The predicted octanol–water partition coefficient (Wildman–Crippen LogP) is 1.79. The van der Waals surface area contributed by atoms with Crippen LogP contribution in [-0.4, -0.2) is 24.0 Å². The van der Waals surface area contributed by atoms with E-state index in [1.54, 1.807) is 0 Å². The Morgan fingerprint density at radius 3 is 2.79 bits per heavy atom. The largest absolute Gasteiger partial charge is 0.573 e. The third-order valence-corrected chi connectivity index (χ3v) is 3.68. The molecule has 1 aliphatic heterocycles. The Bertz CT molecular complexity index is 558. The molecular weight excluding hydrogens is 263 g/mol. The van der Waals surface area contributed by atoms with Crippen LogP contribution in [0, 0.1) is 5.92 Å². The highest BCUT2D eigenvalue weighted by molar-refractivity contribution is 6.09. The Labute approximate surface area is 106 Å². The molecule has 1 spiro atoms. The molecule has 1 aromatic carbocycles. The Balaban J connectivity index is 1.98. The molecule has 1 saturated carbocycles. The van der Waals surface area contributed by atoms with Crippen molar-refractivity contribution in [2.75, 3.05) is 11.9 Å². The summed E-state index contributed by atoms with van der Waals surface area (Å²) in [5, 5.41) is 11.8. The lowest BCUT2D eigenvalue weighted by atomic mass is 9.95. The minimum atomic E-state index is -4.77. The smallest absolute Gasteiger partial charge is 0.406 e. The van der Waals surface area contributed by atoms with Crippen LogP contribution in [0.25, 0.3) is 0 Å². The van der Waals surface area contributed by atoms with E-state index in [-0.39, 0.29) is 24.2 Å². The molecule has 1 aromatic rings. The third kappa shape index (κ3) is 1.76. The third-order valence-electron chi connectivity index (χ3n) is 3.68. The van der Waals surface area contributed by atoms with Crippen LogP contribution < -0.4 is 10.1 Å². The highest BCUT2D eigenvalue weighted by Gasteiger charge is 2.64. The Hall–Kier alpha value is -1.76. The van der Waals surface area contributed by atoms with Gasteiger partial charge in [0.1, 0.15) is 5.75 Å². The Morgan fingerprint density at radius 1 is 1.47 bits per heavy atom. The van der Waals surface area contributed by atoms with Crippen LogP contribution in [-0.2, 0) is 10.2 Å². The van der Waals surface area contributed by atoms with E-state index in [0.29, 0.717) is 17.7 Å². The summed E-state index contributed by atoms with van der Waals surface area (Å²) in [5.74, 6) is -0.869. The van der Waals surface area contributed by atoms with Gasteiger partial charge in [0.05, 0.1) is 5.41 Å². The number of rotatable bonds is 2. The van der Waals surface area contributed by atoms with Crippen LogP contribution in [0.5, 0.6) is 5.75 Å². The molecule has 0 radical (unpaired) electrons. The lowest BCUT2D eigenvalue weighted by Crippen LogP contribution is -2.22. The zero-order valence-electron chi connectivity index (χ0n) is 9.62. The maximum Gasteiger partial charge on any atom is 0.573 e. The minimum Gasteiger partial charge on any atom is -0.406 e. The number of amides is 1. The molecule has 2 atom stereocenters. The number of aliphatic hydroxyl groups is 1. The first-order valence-electron chi connectivity index (χ1n) is 5.69. The molecule has 2 N–H and O–H groups in total. The van der Waals surface area contributed by atoms with Crippen LogP contribution in [0.1, 0.15) is 12.0 Å². The Kier molecular flexibility index (Phi) is 2.35. The predicted molar refractivity (Wildman–Crippen MR) is 58.6 cm³/mol. The van der Waals surface area contributed by atoms with Crippen molar-refractivity contribution in [2.24, 2.45) is 5.92 Å². The van der Waals surface area contributed by atoms with E-state index < -0.39 is 11.8 Å². The summed E-state index contributed by atoms with van der Waals surface area (Å²) >= 11 is 0. The number of halogens is 3. The first-order valence-corrected chi connectivity index (χ1v) is 5.69. The van der Waals surface area contributed by atoms with Crippen molar-refractivity contribution < 1.29 is 27.8 Å². The normalized spacial score (nSPS) is 28.2. The molecule has 1 amide bonds. The van der Waals surface area contributed by atoms with Crippen LogP contribution in [0.15, 0.2) is 18.2 Å². The molecule has 3 rings (SSSR count). The van der Waals surface area contributed by atoms with Crippen molar-refractivity contribution in [3.05, 3.63) is 23.8 Å². The molecular formula is C12H10F3NO3. The molecule has 1 fully saturated rings. The van der Waals surface area contributed by atoms with Gasteiger partial charge in [-0.2, -0.15) is 0 Å². The lowest BCUT2D eigenvalue weighted by molar-refractivity contribution is -0.274. The number of anilines is 1. The summed E-state index contributed by atoms with van der Waals surface area (Å²) < 4.78 is 40.4. The minimum absolute atomic E-state index is 0.169. The van der Waals surface area contributed by atoms with E-state index in [9.17, 15) is 18.0 Å². The fourth-order valence-corrected chi connectivity index (χ4v) is 2.71. The van der Waals surface area contributed by atoms with Crippen molar-refractivity contribution in [2.45, 2.75) is 18.2 Å². The van der Waals surface area contributed by atoms with E-state index in [2.05, 4.69) is 10.1 Å². The number of carbonyl (C=O) groups is 1. The number of benzene rings is 1. The van der Waals surface area contributed by atoms with Crippen molar-refractivity contribution in [1.82, 2.24) is 0 Å². The molecule has 4 nitrogen and oxygen atoms in total. The van der Waals surface area contributed by atoms with Gasteiger partial charge in [0.2, 0.25) is 5.91 Å². The van der Waals surface area contributed by atoms with Gasteiger partial charge in [0.25, 0.3) is 0 Å². The topological polar surface area (TPSA) is 58.6 Å². The maximum atomic E-state index is 12.2. The van der Waals surface area contributed by atoms with Crippen molar-refractivity contribution in [1.29, 1.82) is 0 Å². The van der Waals surface area contributed by atoms with Gasteiger partial charge in [-0.15, -0.1) is 13.2 Å². The molecule has 7 heteroatoms. The van der Waals surface area contributed by atoms with E-state index in [1.807, 2.05) is 0 Å². The van der Waals surface area contributed by atoms with Crippen molar-refractivity contribution >= 4 is 11.6 Å². The van der Waals surface area contributed by atoms with Gasteiger partial charge in [-0.05, 0) is 30.2 Å². The average Bonchev–Trinajstić information content (AvgIpc) is 2.98. The quantitative estimate of drug-likeness (QED) is 0.863. The summed E-state index contributed by atoms with van der Waals surface area (Å²) in [6.07, 6.45) is -4.32. The number of hydrogen-bond donors (Lipinski definition) is 2. The number of hydrogen-bond acceptors (Lipinski definition) is 3. The molecule has 102 valence electrons. The Morgan fingerprint density at radius 2 is 2.21 bits per heavy atom. The summed E-state index contributed by atoms with van der Waals surface area (Å²) in [5.41, 5.74) is 0.0727. The van der Waals surface area contributed by atoms with Crippen LogP contribution in [0.2, 0.25) is 0 Å². The average molecular weight is 273 g/mol. The van der Waals surface area contributed by atoms with E-state index in [4.69, 9.17) is 5.11 Å². The van der Waals surface area contributed by atoms with Crippen LogP contribution in [0.4, 0.5) is 18.9 Å². The summed E-state index contributed by atoms with van der Waals surface area (Å²) in [4.78, 5) is 11.9.